The maximum atomic E-state index is 12.9. The van der Waals surface area contributed by atoms with Crippen LogP contribution in [0.15, 0.2) is 60.8 Å². The molecule has 0 radical (unpaired) electrons. The molecule has 4 rings (SSSR count). The number of amides is 1. The number of benzene rings is 2. The van der Waals surface area contributed by atoms with Crippen LogP contribution in [0.4, 0.5) is 5.69 Å². The van der Waals surface area contributed by atoms with Gasteiger partial charge in [0.15, 0.2) is 5.69 Å². The number of hydrogen-bond donors (Lipinski definition) is 0. The van der Waals surface area contributed by atoms with E-state index in [2.05, 4.69) is 23.3 Å². The molecule has 2 heterocycles. The normalized spacial score (nSPS) is 16.2. The molecule has 2 aromatic carbocycles. The van der Waals surface area contributed by atoms with Gasteiger partial charge in [-0.15, -0.1) is 5.10 Å². The average molecular weight is 318 g/mol. The van der Waals surface area contributed by atoms with Gasteiger partial charge in [-0.3, -0.25) is 4.79 Å². The summed E-state index contributed by atoms with van der Waals surface area (Å²) in [5.74, 6) is -0.0910. The molecule has 5 nitrogen and oxygen atoms in total. The van der Waals surface area contributed by atoms with Gasteiger partial charge in [0.1, 0.15) is 0 Å². The van der Waals surface area contributed by atoms with Crippen molar-refractivity contribution >= 4 is 11.6 Å². The Bertz CT molecular complexity index is 872. The predicted molar refractivity (Wildman–Crippen MR) is 92.0 cm³/mol. The van der Waals surface area contributed by atoms with E-state index in [0.29, 0.717) is 12.2 Å². The third kappa shape index (κ3) is 2.58. The molecular formula is C19H18N4O. The Kier molecular flexibility index (Phi) is 3.61. The van der Waals surface area contributed by atoms with Gasteiger partial charge < -0.3 is 4.90 Å². The lowest BCUT2D eigenvalue weighted by Gasteiger charge is -2.21. The number of para-hydroxylation sites is 1. The summed E-state index contributed by atoms with van der Waals surface area (Å²) in [6, 6.07) is 18.2. The maximum absolute atomic E-state index is 12.9. The highest BCUT2D eigenvalue weighted by Gasteiger charge is 2.32. The lowest BCUT2D eigenvalue weighted by molar-refractivity contribution is 0.0976. The monoisotopic (exact) mass is 318 g/mol. The topological polar surface area (TPSA) is 51.0 Å². The molecule has 1 amide bonds. The van der Waals surface area contributed by atoms with E-state index >= 15 is 0 Å². The Morgan fingerprint density at radius 3 is 2.71 bits per heavy atom. The van der Waals surface area contributed by atoms with E-state index in [9.17, 15) is 4.79 Å². The summed E-state index contributed by atoms with van der Waals surface area (Å²) in [4.78, 5) is 14.7. The summed E-state index contributed by atoms with van der Waals surface area (Å²) in [5.41, 5.74) is 3.69. The van der Waals surface area contributed by atoms with E-state index in [1.54, 1.807) is 10.9 Å². The van der Waals surface area contributed by atoms with Crippen LogP contribution in [0.25, 0.3) is 0 Å². The van der Waals surface area contributed by atoms with E-state index in [-0.39, 0.29) is 11.9 Å². The van der Waals surface area contributed by atoms with Crippen LogP contribution in [-0.4, -0.2) is 26.9 Å². The Balaban J connectivity index is 1.58. The van der Waals surface area contributed by atoms with Gasteiger partial charge in [-0.25, -0.2) is 4.68 Å². The van der Waals surface area contributed by atoms with E-state index in [1.807, 2.05) is 53.4 Å². The van der Waals surface area contributed by atoms with E-state index < -0.39 is 0 Å². The lowest BCUT2D eigenvalue weighted by Crippen LogP contribution is -2.35. The van der Waals surface area contributed by atoms with Gasteiger partial charge in [0.2, 0.25) is 0 Å². The molecule has 5 heteroatoms. The molecule has 3 aromatic rings. The van der Waals surface area contributed by atoms with Crippen LogP contribution in [0, 0.1) is 0 Å². The first-order valence-electron chi connectivity index (χ1n) is 8.08. The van der Waals surface area contributed by atoms with Gasteiger partial charge in [0.25, 0.3) is 5.91 Å². The van der Waals surface area contributed by atoms with Crippen molar-refractivity contribution in [1.82, 2.24) is 15.0 Å². The summed E-state index contributed by atoms with van der Waals surface area (Å²) in [6.45, 7) is 2.67. The van der Waals surface area contributed by atoms with Crippen LogP contribution in [-0.2, 0) is 13.0 Å². The van der Waals surface area contributed by atoms with Gasteiger partial charge in [0.05, 0.1) is 12.7 Å². The van der Waals surface area contributed by atoms with Crippen LogP contribution < -0.4 is 4.90 Å². The minimum absolute atomic E-state index is 0.0910. The first-order chi connectivity index (χ1) is 11.7. The van der Waals surface area contributed by atoms with Gasteiger partial charge in [-0.2, -0.15) is 0 Å². The highest BCUT2D eigenvalue weighted by molar-refractivity contribution is 6.06. The number of carbonyl (C=O) groups excluding carboxylic acids is 1. The smallest absolute Gasteiger partial charge is 0.280 e. The number of hydrogen-bond acceptors (Lipinski definition) is 3. The molecule has 0 N–H and O–H groups in total. The van der Waals surface area contributed by atoms with E-state index in [4.69, 9.17) is 0 Å². The lowest BCUT2D eigenvalue weighted by atomic mass is 10.1. The number of fused-ring (bicyclic) bond motifs is 1. The molecule has 120 valence electrons. The number of anilines is 1. The van der Waals surface area contributed by atoms with Crippen molar-refractivity contribution in [2.45, 2.75) is 25.9 Å². The third-order valence-electron chi connectivity index (χ3n) is 4.37. The van der Waals surface area contributed by atoms with Crippen LogP contribution in [0.5, 0.6) is 0 Å². The number of nitrogens with zero attached hydrogens (tertiary/aromatic N) is 4. The molecule has 1 unspecified atom stereocenters. The largest absolute Gasteiger partial charge is 0.304 e. The SMILES string of the molecule is CC1Cc2ccccc2N1C(=O)c1cn(Cc2ccccc2)nn1. The third-order valence-corrected chi connectivity index (χ3v) is 4.37. The minimum Gasteiger partial charge on any atom is -0.304 e. The van der Waals surface area contributed by atoms with Gasteiger partial charge >= 0.3 is 0 Å². The second kappa shape index (κ2) is 5.92. The van der Waals surface area contributed by atoms with Gasteiger partial charge in [-0.1, -0.05) is 53.7 Å². The zero-order valence-corrected chi connectivity index (χ0v) is 13.5. The van der Waals surface area contributed by atoms with Crippen molar-refractivity contribution in [3.8, 4) is 0 Å². The highest BCUT2D eigenvalue weighted by atomic mass is 16.2. The first kappa shape index (κ1) is 14.6. The summed E-state index contributed by atoms with van der Waals surface area (Å²) in [7, 11) is 0. The van der Waals surface area contributed by atoms with Gasteiger partial charge in [-0.05, 0) is 30.5 Å². The summed E-state index contributed by atoms with van der Waals surface area (Å²) >= 11 is 0. The van der Waals surface area contributed by atoms with Crippen molar-refractivity contribution in [2.75, 3.05) is 4.90 Å². The molecule has 1 aromatic heterocycles. The Labute approximate surface area is 140 Å². The van der Waals surface area contributed by atoms with Gasteiger partial charge in [0, 0.05) is 11.7 Å². The first-order valence-corrected chi connectivity index (χ1v) is 8.08. The fourth-order valence-corrected chi connectivity index (χ4v) is 3.24. The molecule has 0 bridgehead atoms. The van der Waals surface area contributed by atoms with E-state index in [1.165, 1.54) is 5.56 Å². The average Bonchev–Trinajstić information content (AvgIpc) is 3.19. The molecule has 0 saturated heterocycles. The van der Waals surface area contributed by atoms with E-state index in [0.717, 1.165) is 17.7 Å². The Hall–Kier alpha value is -2.95. The van der Waals surface area contributed by atoms with Crippen molar-refractivity contribution in [1.29, 1.82) is 0 Å². The Morgan fingerprint density at radius 1 is 1.12 bits per heavy atom. The molecule has 1 aliphatic rings. The number of aromatic nitrogens is 3. The zero-order chi connectivity index (χ0) is 16.5. The highest BCUT2D eigenvalue weighted by Crippen LogP contribution is 2.32. The fraction of sp³-hybridized carbons (Fsp3) is 0.211. The molecule has 0 saturated carbocycles. The maximum Gasteiger partial charge on any atom is 0.280 e. The van der Waals surface area contributed by atoms with Crippen molar-refractivity contribution in [2.24, 2.45) is 0 Å². The summed E-state index contributed by atoms with van der Waals surface area (Å²) in [6.07, 6.45) is 2.60. The molecule has 1 atom stereocenters. The molecule has 0 fully saturated rings. The number of carbonyl (C=O) groups is 1. The van der Waals surface area contributed by atoms with Crippen LogP contribution >= 0.6 is 0 Å². The summed E-state index contributed by atoms with van der Waals surface area (Å²) < 4.78 is 1.70. The predicted octanol–water partition coefficient (Wildman–Crippen LogP) is 2.92. The quantitative estimate of drug-likeness (QED) is 0.746. The van der Waals surface area contributed by atoms with Crippen LogP contribution in [0.1, 0.15) is 28.5 Å². The second-order valence-electron chi connectivity index (χ2n) is 6.14. The van der Waals surface area contributed by atoms with Crippen molar-refractivity contribution in [3.63, 3.8) is 0 Å². The summed E-state index contributed by atoms with van der Waals surface area (Å²) in [5, 5.41) is 8.19. The fourth-order valence-electron chi connectivity index (χ4n) is 3.24. The van der Waals surface area contributed by atoms with Crippen LogP contribution in [0.3, 0.4) is 0 Å². The molecule has 0 aliphatic carbocycles. The minimum atomic E-state index is -0.0910. The molecule has 1 aliphatic heterocycles. The number of rotatable bonds is 3. The molecule has 0 spiro atoms. The Morgan fingerprint density at radius 2 is 1.88 bits per heavy atom. The molecular weight excluding hydrogens is 300 g/mol. The zero-order valence-electron chi connectivity index (χ0n) is 13.5. The molecule has 24 heavy (non-hydrogen) atoms. The second-order valence-corrected chi connectivity index (χ2v) is 6.14. The standard InChI is InChI=1S/C19H18N4O/c1-14-11-16-9-5-6-10-18(16)23(14)19(24)17-13-22(21-20-17)12-15-7-3-2-4-8-15/h2-10,13-14H,11-12H2,1H3. The van der Waals surface area contributed by atoms with Crippen LogP contribution in [0.2, 0.25) is 0 Å². The van der Waals surface area contributed by atoms with Crippen molar-refractivity contribution < 1.29 is 4.79 Å². The van der Waals surface area contributed by atoms with Crippen molar-refractivity contribution in [3.05, 3.63) is 77.6 Å².